The molecule has 0 aliphatic carbocycles. The van der Waals surface area contributed by atoms with Gasteiger partial charge in [-0.05, 0) is 37.1 Å². The summed E-state index contributed by atoms with van der Waals surface area (Å²) < 4.78 is 10.9. The second kappa shape index (κ2) is 7.96. The third-order valence-electron chi connectivity index (χ3n) is 4.21. The molecule has 7 nitrogen and oxygen atoms in total. The molecule has 0 aliphatic rings. The van der Waals surface area contributed by atoms with Gasteiger partial charge in [0.25, 0.3) is 5.91 Å². The molecule has 0 saturated heterocycles. The Labute approximate surface area is 160 Å². The molecule has 0 bridgehead atoms. The number of carboxylic acids is 1. The number of nitrogens with one attached hydrogen (secondary N) is 1. The van der Waals surface area contributed by atoms with Crippen LogP contribution in [0.5, 0.6) is 5.75 Å². The molecule has 1 heterocycles. The highest BCUT2D eigenvalue weighted by atomic mass is 16.5. The Balaban J connectivity index is 1.88. The minimum Gasteiger partial charge on any atom is -0.481 e. The Kier molecular flexibility index (Phi) is 5.44. The first-order valence-corrected chi connectivity index (χ1v) is 8.68. The molecule has 28 heavy (non-hydrogen) atoms. The van der Waals surface area contributed by atoms with Crippen molar-refractivity contribution < 1.29 is 23.8 Å². The number of rotatable bonds is 6. The SMILES string of the molecule is C[C@H](NC(=O)[C@H](C)Oc1ccc2c(-c3ccccc3)cc(=O)oc2c1)C(=O)O. The maximum absolute atomic E-state index is 12.0. The predicted molar refractivity (Wildman–Crippen MR) is 103 cm³/mol. The number of aliphatic carboxylic acids is 1. The van der Waals surface area contributed by atoms with Crippen molar-refractivity contribution in [3.05, 3.63) is 65.0 Å². The van der Waals surface area contributed by atoms with Gasteiger partial charge in [-0.2, -0.15) is 0 Å². The summed E-state index contributed by atoms with van der Waals surface area (Å²) in [5.74, 6) is -1.37. The minimum atomic E-state index is -1.14. The number of benzene rings is 2. The highest BCUT2D eigenvalue weighted by molar-refractivity contribution is 5.93. The molecule has 0 spiro atoms. The molecule has 0 radical (unpaired) electrons. The Morgan fingerprint density at radius 3 is 2.46 bits per heavy atom. The van der Waals surface area contributed by atoms with E-state index in [1.165, 1.54) is 26.0 Å². The third kappa shape index (κ3) is 4.20. The van der Waals surface area contributed by atoms with Gasteiger partial charge >= 0.3 is 11.6 Å². The van der Waals surface area contributed by atoms with Crippen LogP contribution in [0.2, 0.25) is 0 Å². The van der Waals surface area contributed by atoms with Crippen LogP contribution in [-0.2, 0) is 9.59 Å². The highest BCUT2D eigenvalue weighted by Crippen LogP contribution is 2.29. The fraction of sp³-hybridized carbons (Fsp3) is 0.190. The summed E-state index contributed by atoms with van der Waals surface area (Å²) in [6.45, 7) is 2.87. The molecular formula is C21H19NO6. The molecule has 0 aliphatic heterocycles. The molecule has 3 rings (SSSR count). The fourth-order valence-electron chi connectivity index (χ4n) is 2.72. The molecule has 2 N–H and O–H groups in total. The minimum absolute atomic E-state index is 0.325. The van der Waals surface area contributed by atoms with Crippen LogP contribution in [-0.4, -0.2) is 29.1 Å². The zero-order valence-corrected chi connectivity index (χ0v) is 15.3. The van der Waals surface area contributed by atoms with Crippen LogP contribution in [0.3, 0.4) is 0 Å². The predicted octanol–water partition coefficient (Wildman–Crippen LogP) is 2.82. The van der Waals surface area contributed by atoms with Crippen molar-refractivity contribution in [2.75, 3.05) is 0 Å². The summed E-state index contributed by atoms with van der Waals surface area (Å²) in [7, 11) is 0. The van der Waals surface area contributed by atoms with Crippen LogP contribution in [0.25, 0.3) is 22.1 Å². The summed E-state index contributed by atoms with van der Waals surface area (Å²) in [6, 6.07) is 14.8. The fourth-order valence-corrected chi connectivity index (χ4v) is 2.72. The summed E-state index contributed by atoms with van der Waals surface area (Å²) in [5, 5.41) is 11.9. The zero-order chi connectivity index (χ0) is 20.3. The van der Waals surface area contributed by atoms with Crippen molar-refractivity contribution in [2.45, 2.75) is 26.0 Å². The Morgan fingerprint density at radius 2 is 1.79 bits per heavy atom. The van der Waals surface area contributed by atoms with Crippen LogP contribution in [0.4, 0.5) is 0 Å². The number of hydrogen-bond acceptors (Lipinski definition) is 5. The first kappa shape index (κ1) is 19.2. The lowest BCUT2D eigenvalue weighted by Crippen LogP contribution is -2.44. The van der Waals surface area contributed by atoms with Crippen LogP contribution in [0.1, 0.15) is 13.8 Å². The number of hydrogen-bond donors (Lipinski definition) is 2. The maximum atomic E-state index is 12.0. The normalized spacial score (nSPS) is 12.9. The third-order valence-corrected chi connectivity index (χ3v) is 4.21. The van der Waals surface area contributed by atoms with Crippen LogP contribution >= 0.6 is 0 Å². The van der Waals surface area contributed by atoms with E-state index in [4.69, 9.17) is 14.3 Å². The summed E-state index contributed by atoms with van der Waals surface area (Å²) in [6.07, 6.45) is -0.928. The van der Waals surface area contributed by atoms with E-state index < -0.39 is 29.6 Å². The second-order valence-electron chi connectivity index (χ2n) is 6.33. The molecule has 0 fully saturated rings. The van der Waals surface area contributed by atoms with Crippen molar-refractivity contribution in [2.24, 2.45) is 0 Å². The molecule has 0 saturated carbocycles. The number of amides is 1. The number of carboxylic acid groups (broad SMARTS) is 1. The lowest BCUT2D eigenvalue weighted by molar-refractivity contribution is -0.142. The van der Waals surface area contributed by atoms with E-state index in [-0.39, 0.29) is 0 Å². The van der Waals surface area contributed by atoms with Crippen LogP contribution in [0.15, 0.2) is 63.8 Å². The topological polar surface area (TPSA) is 106 Å². The molecule has 1 aromatic heterocycles. The molecule has 2 atom stereocenters. The monoisotopic (exact) mass is 381 g/mol. The van der Waals surface area contributed by atoms with Gasteiger partial charge < -0.3 is 19.6 Å². The van der Waals surface area contributed by atoms with E-state index in [0.29, 0.717) is 11.3 Å². The van der Waals surface area contributed by atoms with Gasteiger partial charge in [0.05, 0.1) is 0 Å². The number of carbonyl (C=O) groups excluding carboxylic acids is 1. The van der Waals surface area contributed by atoms with E-state index in [2.05, 4.69) is 5.32 Å². The van der Waals surface area contributed by atoms with Gasteiger partial charge in [0.1, 0.15) is 17.4 Å². The largest absolute Gasteiger partial charge is 0.481 e. The van der Waals surface area contributed by atoms with E-state index >= 15 is 0 Å². The molecule has 144 valence electrons. The smallest absolute Gasteiger partial charge is 0.336 e. The van der Waals surface area contributed by atoms with Crippen molar-refractivity contribution in [3.63, 3.8) is 0 Å². The summed E-state index contributed by atoms with van der Waals surface area (Å²) >= 11 is 0. The Morgan fingerprint density at radius 1 is 1.07 bits per heavy atom. The van der Waals surface area contributed by atoms with Gasteiger partial charge in [0, 0.05) is 17.5 Å². The van der Waals surface area contributed by atoms with Gasteiger partial charge in [0.15, 0.2) is 6.10 Å². The van der Waals surface area contributed by atoms with E-state index in [9.17, 15) is 14.4 Å². The van der Waals surface area contributed by atoms with Crippen molar-refractivity contribution >= 4 is 22.8 Å². The van der Waals surface area contributed by atoms with Gasteiger partial charge in [-0.15, -0.1) is 0 Å². The van der Waals surface area contributed by atoms with Crippen LogP contribution in [0, 0.1) is 0 Å². The number of carbonyl (C=O) groups is 2. The number of ether oxygens (including phenoxy) is 1. The molecule has 7 heteroatoms. The van der Waals surface area contributed by atoms with Gasteiger partial charge in [-0.25, -0.2) is 4.79 Å². The van der Waals surface area contributed by atoms with Crippen molar-refractivity contribution in [1.29, 1.82) is 0 Å². The first-order valence-electron chi connectivity index (χ1n) is 8.68. The average molecular weight is 381 g/mol. The van der Waals surface area contributed by atoms with Crippen molar-refractivity contribution in [3.8, 4) is 16.9 Å². The molecule has 2 aromatic carbocycles. The molecule has 0 unspecified atom stereocenters. The van der Waals surface area contributed by atoms with E-state index in [1.54, 1.807) is 12.1 Å². The summed E-state index contributed by atoms with van der Waals surface area (Å²) in [5.41, 5.74) is 1.45. The van der Waals surface area contributed by atoms with Crippen LogP contribution < -0.4 is 15.7 Å². The Hall–Kier alpha value is -3.61. The lowest BCUT2D eigenvalue weighted by Gasteiger charge is -2.17. The molecular weight excluding hydrogens is 362 g/mol. The standard InChI is InChI=1S/C21H19NO6/c1-12(21(25)26)22-20(24)13(2)27-15-8-9-16-17(14-6-4-3-5-7-14)11-19(23)28-18(16)10-15/h3-13H,1-2H3,(H,22,24)(H,25,26)/t12-,13-/m0/s1. The Bertz CT molecular complexity index is 1070. The lowest BCUT2D eigenvalue weighted by atomic mass is 10.0. The van der Waals surface area contributed by atoms with Crippen molar-refractivity contribution in [1.82, 2.24) is 5.32 Å². The molecule has 3 aromatic rings. The number of fused-ring (bicyclic) bond motifs is 1. The zero-order valence-electron chi connectivity index (χ0n) is 15.3. The summed E-state index contributed by atoms with van der Waals surface area (Å²) in [4.78, 5) is 34.9. The quantitative estimate of drug-likeness (QED) is 0.636. The van der Waals surface area contributed by atoms with E-state index in [0.717, 1.165) is 16.5 Å². The maximum Gasteiger partial charge on any atom is 0.336 e. The first-order chi connectivity index (χ1) is 13.3. The van der Waals surface area contributed by atoms with Gasteiger partial charge in [-0.1, -0.05) is 30.3 Å². The van der Waals surface area contributed by atoms with Gasteiger partial charge in [-0.3, -0.25) is 9.59 Å². The highest BCUT2D eigenvalue weighted by Gasteiger charge is 2.20. The average Bonchev–Trinajstić information content (AvgIpc) is 2.67. The second-order valence-corrected chi connectivity index (χ2v) is 6.33. The molecule has 1 amide bonds. The van der Waals surface area contributed by atoms with Gasteiger partial charge in [0.2, 0.25) is 0 Å². The van der Waals surface area contributed by atoms with E-state index in [1.807, 2.05) is 30.3 Å².